The van der Waals surface area contributed by atoms with Crippen molar-refractivity contribution in [3.63, 3.8) is 0 Å². The third kappa shape index (κ3) is 5.61. The molecular weight excluding hydrogens is 342 g/mol. The Morgan fingerprint density at radius 1 is 1.32 bits per heavy atom. The summed E-state index contributed by atoms with van der Waals surface area (Å²) in [7, 11) is 0. The summed E-state index contributed by atoms with van der Waals surface area (Å²) in [6.45, 7) is 1.93. The van der Waals surface area contributed by atoms with Gasteiger partial charge in [-0.15, -0.1) is 23.5 Å². The van der Waals surface area contributed by atoms with E-state index in [0.717, 1.165) is 0 Å². The normalized spacial score (nSPS) is 9.45. The van der Waals surface area contributed by atoms with E-state index in [9.17, 15) is 4.79 Å². The first-order chi connectivity index (χ1) is 10.6. The molecule has 0 bridgehead atoms. The van der Waals surface area contributed by atoms with Gasteiger partial charge in [0.2, 0.25) is 0 Å². The molecule has 0 saturated heterocycles. The van der Waals surface area contributed by atoms with E-state index in [1.165, 1.54) is 29.7 Å². The highest BCUT2D eigenvalue weighted by molar-refractivity contribution is 8.22. The molecule has 0 atom stereocenters. The number of ether oxygens (including phenoxy) is 1. The first kappa shape index (κ1) is 18.4. The number of carbonyl (C=O) groups excluding carboxylic acids is 1. The van der Waals surface area contributed by atoms with Gasteiger partial charge in [0.05, 0.1) is 40.1 Å². The van der Waals surface area contributed by atoms with Crippen LogP contribution in [0.3, 0.4) is 0 Å². The fourth-order valence-corrected chi connectivity index (χ4v) is 3.31. The fraction of sp³-hybridized carbons (Fsp3) is 0.286. The highest BCUT2D eigenvalue weighted by Gasteiger charge is 2.20. The number of hydrogen-bond acceptors (Lipinski definition) is 7. The summed E-state index contributed by atoms with van der Waals surface area (Å²) in [6.07, 6.45) is 1.47. The Bertz CT molecular complexity index is 613. The molecule has 8 heteroatoms. The van der Waals surface area contributed by atoms with Crippen molar-refractivity contribution < 1.29 is 9.53 Å². The maximum Gasteiger partial charge on any atom is 0.340 e. The highest BCUT2D eigenvalue weighted by atomic mass is 35.5. The molecule has 114 valence electrons. The zero-order valence-corrected chi connectivity index (χ0v) is 14.1. The summed E-state index contributed by atoms with van der Waals surface area (Å²) in [5.74, 6) is -0.187. The Kier molecular flexibility index (Phi) is 8.46. The second kappa shape index (κ2) is 10.1. The van der Waals surface area contributed by atoms with Crippen molar-refractivity contribution in [2.75, 3.05) is 18.1 Å². The fourth-order valence-electron chi connectivity index (χ4n) is 1.43. The predicted octanol–water partition coefficient (Wildman–Crippen LogP) is 3.48. The SMILES string of the molecule is CCOC(=O)C(=C(SCC#N)SCC#N)c1ccc(Cl)nc1. The number of aromatic nitrogens is 1. The van der Waals surface area contributed by atoms with E-state index < -0.39 is 5.97 Å². The molecule has 0 N–H and O–H groups in total. The van der Waals surface area contributed by atoms with Crippen LogP contribution in [0.1, 0.15) is 12.5 Å². The third-order valence-corrected chi connectivity index (χ3v) is 4.65. The maximum atomic E-state index is 12.3. The summed E-state index contributed by atoms with van der Waals surface area (Å²) in [5.41, 5.74) is 0.834. The van der Waals surface area contributed by atoms with Gasteiger partial charge in [-0.2, -0.15) is 10.5 Å². The number of nitriles is 2. The number of esters is 1. The summed E-state index contributed by atoms with van der Waals surface area (Å²) in [5, 5.41) is 17.8. The second-order valence-electron chi connectivity index (χ2n) is 3.65. The van der Waals surface area contributed by atoms with Gasteiger partial charge in [-0.3, -0.25) is 0 Å². The molecule has 0 spiro atoms. The largest absolute Gasteiger partial charge is 0.462 e. The van der Waals surface area contributed by atoms with Crippen molar-refractivity contribution in [3.05, 3.63) is 33.3 Å². The van der Waals surface area contributed by atoms with Crippen LogP contribution in [0.2, 0.25) is 5.15 Å². The topological polar surface area (TPSA) is 86.8 Å². The Balaban J connectivity index is 3.31. The molecule has 0 amide bonds. The molecule has 0 aromatic carbocycles. The van der Waals surface area contributed by atoms with Crippen molar-refractivity contribution in [1.29, 1.82) is 10.5 Å². The standard InChI is InChI=1S/C14H12ClN3O2S2/c1-2-20-13(19)12(10-3-4-11(15)18-9-10)14(21-7-5-16)22-8-6-17/h3-4,9H,2,7-8H2,1H3. The number of rotatable bonds is 7. The van der Waals surface area contributed by atoms with Gasteiger partial charge in [-0.05, 0) is 19.1 Å². The molecule has 5 nitrogen and oxygen atoms in total. The van der Waals surface area contributed by atoms with Crippen molar-refractivity contribution in [3.8, 4) is 12.1 Å². The Hall–Kier alpha value is -1.67. The molecule has 1 aromatic heterocycles. The smallest absolute Gasteiger partial charge is 0.340 e. The van der Waals surface area contributed by atoms with Gasteiger partial charge in [0, 0.05) is 11.8 Å². The van der Waals surface area contributed by atoms with Crippen LogP contribution in [0.5, 0.6) is 0 Å². The molecule has 0 saturated carbocycles. The lowest BCUT2D eigenvalue weighted by atomic mass is 10.1. The number of thioether (sulfide) groups is 2. The average Bonchev–Trinajstić information content (AvgIpc) is 2.51. The number of halogens is 1. The molecule has 0 fully saturated rings. The van der Waals surface area contributed by atoms with Gasteiger partial charge in [0.15, 0.2) is 0 Å². The lowest BCUT2D eigenvalue weighted by molar-refractivity contribution is -0.136. The van der Waals surface area contributed by atoms with Crippen LogP contribution in [0, 0.1) is 22.7 Å². The molecular formula is C14H12ClN3O2S2. The lowest BCUT2D eigenvalue weighted by Gasteiger charge is -2.12. The number of pyridine rings is 1. The Morgan fingerprint density at radius 2 is 1.95 bits per heavy atom. The number of hydrogen-bond donors (Lipinski definition) is 0. The highest BCUT2D eigenvalue weighted by Crippen LogP contribution is 2.36. The van der Waals surface area contributed by atoms with Gasteiger partial charge in [0.25, 0.3) is 0 Å². The molecule has 1 rings (SSSR count). The molecule has 0 aliphatic carbocycles. The molecule has 0 aliphatic rings. The third-order valence-electron chi connectivity index (χ3n) is 2.24. The zero-order valence-electron chi connectivity index (χ0n) is 11.7. The van der Waals surface area contributed by atoms with Crippen LogP contribution in [-0.2, 0) is 9.53 Å². The van der Waals surface area contributed by atoms with Crippen LogP contribution in [0.15, 0.2) is 22.6 Å². The van der Waals surface area contributed by atoms with Crippen molar-refractivity contribution in [2.24, 2.45) is 0 Å². The number of carbonyl (C=O) groups is 1. The predicted molar refractivity (Wildman–Crippen MR) is 88.9 cm³/mol. The van der Waals surface area contributed by atoms with Gasteiger partial charge in [0.1, 0.15) is 5.15 Å². The summed E-state index contributed by atoms with van der Waals surface area (Å²) >= 11 is 8.15. The molecule has 0 aliphatic heterocycles. The molecule has 1 aromatic rings. The Labute approximate surface area is 142 Å². The summed E-state index contributed by atoms with van der Waals surface area (Å²) < 4.78 is 5.64. The first-order valence-electron chi connectivity index (χ1n) is 6.16. The van der Waals surface area contributed by atoms with E-state index in [-0.39, 0.29) is 18.1 Å². The quantitative estimate of drug-likeness (QED) is 0.421. The lowest BCUT2D eigenvalue weighted by Crippen LogP contribution is -2.09. The number of nitrogens with zero attached hydrogens (tertiary/aromatic N) is 3. The van der Waals surface area contributed by atoms with Crippen LogP contribution in [0.25, 0.3) is 5.57 Å². The monoisotopic (exact) mass is 353 g/mol. The average molecular weight is 354 g/mol. The van der Waals surface area contributed by atoms with Gasteiger partial charge in [-0.1, -0.05) is 11.6 Å². The van der Waals surface area contributed by atoms with Crippen LogP contribution in [-0.4, -0.2) is 29.1 Å². The van der Waals surface area contributed by atoms with E-state index in [2.05, 4.69) is 4.98 Å². The molecule has 1 heterocycles. The van der Waals surface area contributed by atoms with Crippen LogP contribution >= 0.6 is 35.1 Å². The second-order valence-corrected chi connectivity index (χ2v) is 6.26. The minimum Gasteiger partial charge on any atom is -0.462 e. The maximum absolute atomic E-state index is 12.3. The van der Waals surface area contributed by atoms with E-state index in [1.54, 1.807) is 19.1 Å². The van der Waals surface area contributed by atoms with E-state index in [1.807, 2.05) is 12.1 Å². The minimum atomic E-state index is -0.516. The van der Waals surface area contributed by atoms with Gasteiger partial charge in [-0.25, -0.2) is 9.78 Å². The molecule has 0 radical (unpaired) electrons. The van der Waals surface area contributed by atoms with Crippen molar-refractivity contribution in [2.45, 2.75) is 6.92 Å². The zero-order chi connectivity index (χ0) is 16.4. The molecule has 0 unspecified atom stereocenters. The van der Waals surface area contributed by atoms with E-state index in [0.29, 0.717) is 20.5 Å². The molecule has 22 heavy (non-hydrogen) atoms. The van der Waals surface area contributed by atoms with Crippen molar-refractivity contribution in [1.82, 2.24) is 4.98 Å². The van der Waals surface area contributed by atoms with Crippen LogP contribution < -0.4 is 0 Å². The summed E-state index contributed by atoms with van der Waals surface area (Å²) in [4.78, 5) is 16.2. The van der Waals surface area contributed by atoms with Crippen molar-refractivity contribution >= 4 is 46.7 Å². The van der Waals surface area contributed by atoms with E-state index >= 15 is 0 Å². The van der Waals surface area contributed by atoms with E-state index in [4.69, 9.17) is 26.9 Å². The summed E-state index contributed by atoms with van der Waals surface area (Å²) in [6, 6.07) is 7.23. The van der Waals surface area contributed by atoms with Crippen LogP contribution in [0.4, 0.5) is 0 Å². The first-order valence-corrected chi connectivity index (χ1v) is 8.51. The van der Waals surface area contributed by atoms with Gasteiger partial charge < -0.3 is 4.74 Å². The minimum absolute atomic E-state index is 0.164. The van der Waals surface area contributed by atoms with Gasteiger partial charge >= 0.3 is 5.97 Å². The Morgan fingerprint density at radius 3 is 2.41 bits per heavy atom.